The van der Waals surface area contributed by atoms with Gasteiger partial charge in [0.2, 0.25) is 0 Å². The maximum atomic E-state index is 13.3. The Hall–Kier alpha value is -4.11. The van der Waals surface area contributed by atoms with E-state index in [4.69, 9.17) is 10.1 Å². The van der Waals surface area contributed by atoms with Crippen molar-refractivity contribution in [1.29, 1.82) is 0 Å². The number of piperazine rings is 1. The molecule has 1 fully saturated rings. The zero-order valence-electron chi connectivity index (χ0n) is 19.1. The van der Waals surface area contributed by atoms with Crippen LogP contribution in [0.3, 0.4) is 0 Å². The molecule has 1 aromatic heterocycles. The molecule has 0 spiro atoms. The molecular weight excluding hydrogens is 447 g/mol. The van der Waals surface area contributed by atoms with Crippen molar-refractivity contribution in [3.63, 3.8) is 0 Å². The van der Waals surface area contributed by atoms with Gasteiger partial charge in [-0.2, -0.15) is 5.10 Å². The predicted molar refractivity (Wildman–Crippen MR) is 132 cm³/mol. The average molecular weight is 473 g/mol. The van der Waals surface area contributed by atoms with E-state index in [1.165, 1.54) is 12.1 Å². The van der Waals surface area contributed by atoms with Crippen LogP contribution in [0.4, 0.5) is 15.8 Å². The standard InChI is InChI=1S/C26H25FN6O2/c27-22-8-6-20(7-9-22)18-32-26(21-4-2-1-3-5-21)28-25(29-32)19-30-14-16-31(17-15-30)23-10-12-24(13-11-23)33(34)35/h1-13H,14-19H2. The van der Waals surface area contributed by atoms with Gasteiger partial charge >= 0.3 is 0 Å². The number of aromatic nitrogens is 3. The van der Waals surface area contributed by atoms with Gasteiger partial charge in [-0.25, -0.2) is 14.1 Å². The molecule has 5 rings (SSSR count). The van der Waals surface area contributed by atoms with Crippen LogP contribution in [0.25, 0.3) is 11.4 Å². The SMILES string of the molecule is O=[N+]([O-])c1ccc(N2CCN(Cc3nc(-c4ccccc4)n(Cc4ccc(F)cc4)n3)CC2)cc1. The van der Waals surface area contributed by atoms with Gasteiger partial charge in [0, 0.05) is 49.6 Å². The lowest BCUT2D eigenvalue weighted by atomic mass is 10.2. The van der Waals surface area contributed by atoms with E-state index in [1.807, 2.05) is 35.0 Å². The summed E-state index contributed by atoms with van der Waals surface area (Å²) in [6.07, 6.45) is 0. The Bertz CT molecular complexity index is 1280. The van der Waals surface area contributed by atoms with Gasteiger partial charge in [-0.3, -0.25) is 15.0 Å². The fourth-order valence-corrected chi connectivity index (χ4v) is 4.28. The van der Waals surface area contributed by atoms with E-state index in [9.17, 15) is 14.5 Å². The average Bonchev–Trinajstić information content (AvgIpc) is 3.28. The summed E-state index contributed by atoms with van der Waals surface area (Å²) < 4.78 is 15.2. The van der Waals surface area contributed by atoms with Gasteiger partial charge < -0.3 is 4.90 Å². The van der Waals surface area contributed by atoms with E-state index in [0.717, 1.165) is 54.6 Å². The number of anilines is 1. The summed E-state index contributed by atoms with van der Waals surface area (Å²) in [5.41, 5.74) is 3.03. The summed E-state index contributed by atoms with van der Waals surface area (Å²) in [6.45, 7) is 4.45. The van der Waals surface area contributed by atoms with E-state index in [1.54, 1.807) is 36.4 Å². The maximum absolute atomic E-state index is 13.3. The third-order valence-corrected chi connectivity index (χ3v) is 6.16. The van der Waals surface area contributed by atoms with Crippen molar-refractivity contribution in [3.05, 3.63) is 106 Å². The van der Waals surface area contributed by atoms with Crippen molar-refractivity contribution in [1.82, 2.24) is 19.7 Å². The van der Waals surface area contributed by atoms with Crippen molar-refractivity contribution < 1.29 is 9.31 Å². The number of benzene rings is 3. The van der Waals surface area contributed by atoms with Gasteiger partial charge in [0.25, 0.3) is 5.69 Å². The highest BCUT2D eigenvalue weighted by Gasteiger charge is 2.21. The molecule has 8 nitrogen and oxygen atoms in total. The predicted octanol–water partition coefficient (Wildman–Crippen LogP) is 4.36. The summed E-state index contributed by atoms with van der Waals surface area (Å²) >= 11 is 0. The topological polar surface area (TPSA) is 80.3 Å². The monoisotopic (exact) mass is 472 g/mol. The molecule has 4 aromatic rings. The van der Waals surface area contributed by atoms with E-state index in [-0.39, 0.29) is 16.4 Å². The molecular formula is C26H25FN6O2. The van der Waals surface area contributed by atoms with Crippen LogP contribution in [0.1, 0.15) is 11.4 Å². The fraction of sp³-hybridized carbons (Fsp3) is 0.231. The van der Waals surface area contributed by atoms with Gasteiger partial charge in [0.15, 0.2) is 11.6 Å². The Morgan fingerprint density at radius 3 is 2.20 bits per heavy atom. The first-order chi connectivity index (χ1) is 17.0. The lowest BCUT2D eigenvalue weighted by Crippen LogP contribution is -2.46. The maximum Gasteiger partial charge on any atom is 0.269 e. The Balaban J connectivity index is 1.28. The Morgan fingerprint density at radius 1 is 0.857 bits per heavy atom. The molecule has 0 N–H and O–H groups in total. The molecule has 1 saturated heterocycles. The number of nitro benzene ring substituents is 1. The molecule has 9 heteroatoms. The van der Waals surface area contributed by atoms with Crippen molar-refractivity contribution in [2.24, 2.45) is 0 Å². The Labute approximate surface area is 202 Å². The Kier molecular flexibility index (Phi) is 6.49. The summed E-state index contributed by atoms with van der Waals surface area (Å²) in [5, 5.41) is 15.7. The van der Waals surface area contributed by atoms with Crippen molar-refractivity contribution in [2.45, 2.75) is 13.1 Å². The zero-order chi connectivity index (χ0) is 24.2. The van der Waals surface area contributed by atoms with Crippen molar-refractivity contribution >= 4 is 11.4 Å². The summed E-state index contributed by atoms with van der Waals surface area (Å²) in [7, 11) is 0. The Morgan fingerprint density at radius 2 is 1.54 bits per heavy atom. The highest BCUT2D eigenvalue weighted by atomic mass is 19.1. The summed E-state index contributed by atoms with van der Waals surface area (Å²) in [4.78, 5) is 19.9. The number of hydrogen-bond acceptors (Lipinski definition) is 6. The highest BCUT2D eigenvalue weighted by Crippen LogP contribution is 2.22. The molecule has 1 aliphatic heterocycles. The molecule has 3 aromatic carbocycles. The normalized spacial score (nSPS) is 14.3. The van der Waals surface area contributed by atoms with Crippen LogP contribution < -0.4 is 4.90 Å². The van der Waals surface area contributed by atoms with Gasteiger partial charge in [0.05, 0.1) is 18.0 Å². The second kappa shape index (κ2) is 10.0. The van der Waals surface area contributed by atoms with Crippen LogP contribution in [0.5, 0.6) is 0 Å². The second-order valence-electron chi connectivity index (χ2n) is 8.54. The third-order valence-electron chi connectivity index (χ3n) is 6.16. The van der Waals surface area contributed by atoms with Crippen LogP contribution >= 0.6 is 0 Å². The smallest absolute Gasteiger partial charge is 0.269 e. The quantitative estimate of drug-likeness (QED) is 0.294. The fourth-order valence-electron chi connectivity index (χ4n) is 4.28. The first kappa shape index (κ1) is 22.7. The molecule has 2 heterocycles. The van der Waals surface area contributed by atoms with Crippen LogP contribution in [0.2, 0.25) is 0 Å². The number of non-ortho nitro benzene ring substituents is 1. The molecule has 0 radical (unpaired) electrons. The molecule has 0 amide bonds. The van der Waals surface area contributed by atoms with E-state index < -0.39 is 0 Å². The van der Waals surface area contributed by atoms with E-state index >= 15 is 0 Å². The van der Waals surface area contributed by atoms with Gasteiger partial charge in [0.1, 0.15) is 5.82 Å². The number of nitro groups is 1. The third kappa shape index (κ3) is 5.36. The number of hydrogen-bond donors (Lipinski definition) is 0. The lowest BCUT2D eigenvalue weighted by Gasteiger charge is -2.35. The minimum absolute atomic E-state index is 0.101. The largest absolute Gasteiger partial charge is 0.369 e. The molecule has 1 aliphatic rings. The van der Waals surface area contributed by atoms with Crippen LogP contribution in [0, 0.1) is 15.9 Å². The molecule has 35 heavy (non-hydrogen) atoms. The van der Waals surface area contributed by atoms with Crippen LogP contribution in [0.15, 0.2) is 78.9 Å². The minimum Gasteiger partial charge on any atom is -0.369 e. The number of halogens is 1. The van der Waals surface area contributed by atoms with Crippen molar-refractivity contribution in [2.75, 3.05) is 31.1 Å². The second-order valence-corrected chi connectivity index (χ2v) is 8.54. The lowest BCUT2D eigenvalue weighted by molar-refractivity contribution is -0.384. The van der Waals surface area contributed by atoms with Crippen LogP contribution in [-0.4, -0.2) is 50.8 Å². The van der Waals surface area contributed by atoms with Gasteiger partial charge in [-0.15, -0.1) is 0 Å². The number of rotatable bonds is 7. The van der Waals surface area contributed by atoms with Gasteiger partial charge in [-0.05, 0) is 29.8 Å². The summed E-state index contributed by atoms with van der Waals surface area (Å²) in [6, 6.07) is 23.1. The first-order valence-corrected chi connectivity index (χ1v) is 11.5. The van der Waals surface area contributed by atoms with E-state index in [2.05, 4.69) is 9.80 Å². The molecule has 0 aliphatic carbocycles. The van der Waals surface area contributed by atoms with Crippen molar-refractivity contribution in [3.8, 4) is 11.4 Å². The molecule has 0 saturated carbocycles. The molecule has 178 valence electrons. The highest BCUT2D eigenvalue weighted by molar-refractivity contribution is 5.55. The van der Waals surface area contributed by atoms with E-state index in [0.29, 0.717) is 13.1 Å². The molecule has 0 atom stereocenters. The number of nitrogens with zero attached hydrogens (tertiary/aromatic N) is 6. The first-order valence-electron chi connectivity index (χ1n) is 11.5. The molecule has 0 bridgehead atoms. The summed E-state index contributed by atoms with van der Waals surface area (Å²) in [5.74, 6) is 1.27. The zero-order valence-corrected chi connectivity index (χ0v) is 19.1. The van der Waals surface area contributed by atoms with Gasteiger partial charge in [-0.1, -0.05) is 42.5 Å². The molecule has 0 unspecified atom stereocenters. The van der Waals surface area contributed by atoms with Crippen LogP contribution in [-0.2, 0) is 13.1 Å². The minimum atomic E-state index is -0.381.